The van der Waals surface area contributed by atoms with E-state index in [1.54, 1.807) is 0 Å². The third-order valence-electron chi connectivity index (χ3n) is 3.80. The number of likely N-dealkylation sites (tertiary alicyclic amines) is 1. The maximum atomic E-state index is 12.6. The first kappa shape index (κ1) is 16.3. The van der Waals surface area contributed by atoms with E-state index in [1.165, 1.54) is 6.42 Å². The largest absolute Gasteiger partial charge is 0.491 e. The molecule has 2 rings (SSSR count). The second-order valence-electron chi connectivity index (χ2n) is 5.93. The monoisotopic (exact) mass is 353 g/mol. The molecule has 1 heterocycles. The Bertz CT molecular complexity index is 456. The number of halogens is 1. The molecule has 0 aromatic heterocycles. The standard InChI is InChI=1S/C17H24BrNO2/c1-13(2)21-16-7-5-15(6-8-16)17(20)19-11-3-4-14(12-19)9-10-18/h5-8,13-14H,3-4,9-12H2,1-2H3. The lowest BCUT2D eigenvalue weighted by atomic mass is 9.95. The Balaban J connectivity index is 1.98. The van der Waals surface area contributed by atoms with Gasteiger partial charge >= 0.3 is 0 Å². The molecular formula is C17H24BrNO2. The van der Waals surface area contributed by atoms with Crippen molar-refractivity contribution in [2.75, 3.05) is 18.4 Å². The van der Waals surface area contributed by atoms with Gasteiger partial charge in [-0.05, 0) is 63.3 Å². The number of benzene rings is 1. The van der Waals surface area contributed by atoms with Crippen LogP contribution in [0.4, 0.5) is 0 Å². The highest BCUT2D eigenvalue weighted by molar-refractivity contribution is 9.09. The Morgan fingerprint density at radius 2 is 2.10 bits per heavy atom. The zero-order chi connectivity index (χ0) is 15.2. The van der Waals surface area contributed by atoms with Gasteiger partial charge in [-0.1, -0.05) is 15.9 Å². The summed E-state index contributed by atoms with van der Waals surface area (Å²) in [6.07, 6.45) is 3.64. The van der Waals surface area contributed by atoms with Gasteiger partial charge < -0.3 is 9.64 Å². The highest BCUT2D eigenvalue weighted by atomic mass is 79.9. The average Bonchev–Trinajstić information content (AvgIpc) is 2.47. The maximum absolute atomic E-state index is 12.6. The number of nitrogens with zero attached hydrogens (tertiary/aromatic N) is 1. The fourth-order valence-electron chi connectivity index (χ4n) is 2.77. The summed E-state index contributed by atoms with van der Waals surface area (Å²) in [5.74, 6) is 1.59. The van der Waals surface area contributed by atoms with Gasteiger partial charge in [-0.2, -0.15) is 0 Å². The van der Waals surface area contributed by atoms with Crippen molar-refractivity contribution in [2.24, 2.45) is 5.92 Å². The second-order valence-corrected chi connectivity index (χ2v) is 6.72. The minimum atomic E-state index is 0.144. The van der Waals surface area contributed by atoms with E-state index in [0.29, 0.717) is 5.92 Å². The van der Waals surface area contributed by atoms with Crippen LogP contribution in [-0.2, 0) is 0 Å². The van der Waals surface area contributed by atoms with Crippen molar-refractivity contribution in [1.29, 1.82) is 0 Å². The molecule has 1 aromatic carbocycles. The Hall–Kier alpha value is -1.03. The first-order chi connectivity index (χ1) is 10.1. The Morgan fingerprint density at radius 3 is 2.71 bits per heavy atom. The number of alkyl halides is 1. The molecule has 4 heteroatoms. The van der Waals surface area contributed by atoms with Crippen molar-refractivity contribution in [3.05, 3.63) is 29.8 Å². The second kappa shape index (κ2) is 7.83. The van der Waals surface area contributed by atoms with E-state index in [1.807, 2.05) is 43.0 Å². The van der Waals surface area contributed by atoms with E-state index in [9.17, 15) is 4.79 Å². The van der Waals surface area contributed by atoms with Gasteiger partial charge in [0.2, 0.25) is 0 Å². The number of hydrogen-bond donors (Lipinski definition) is 0. The number of rotatable bonds is 5. The quantitative estimate of drug-likeness (QED) is 0.745. The van der Waals surface area contributed by atoms with Crippen molar-refractivity contribution >= 4 is 21.8 Å². The van der Waals surface area contributed by atoms with Crippen LogP contribution in [-0.4, -0.2) is 35.3 Å². The van der Waals surface area contributed by atoms with Crippen LogP contribution in [0.3, 0.4) is 0 Å². The van der Waals surface area contributed by atoms with Crippen molar-refractivity contribution in [2.45, 2.75) is 39.2 Å². The molecule has 1 saturated heterocycles. The van der Waals surface area contributed by atoms with Gasteiger partial charge in [-0.15, -0.1) is 0 Å². The van der Waals surface area contributed by atoms with Crippen LogP contribution in [0.15, 0.2) is 24.3 Å². The van der Waals surface area contributed by atoms with Crippen molar-refractivity contribution < 1.29 is 9.53 Å². The summed E-state index contributed by atoms with van der Waals surface area (Å²) in [7, 11) is 0. The van der Waals surface area contributed by atoms with Gasteiger partial charge in [-0.3, -0.25) is 4.79 Å². The smallest absolute Gasteiger partial charge is 0.253 e. The molecule has 0 spiro atoms. The van der Waals surface area contributed by atoms with E-state index in [-0.39, 0.29) is 12.0 Å². The molecule has 0 radical (unpaired) electrons. The summed E-state index contributed by atoms with van der Waals surface area (Å²) in [5, 5.41) is 1.01. The van der Waals surface area contributed by atoms with Crippen LogP contribution < -0.4 is 4.74 Å². The summed E-state index contributed by atoms with van der Waals surface area (Å²) in [4.78, 5) is 14.6. The summed E-state index contributed by atoms with van der Waals surface area (Å²) in [6, 6.07) is 7.50. The molecule has 0 aliphatic carbocycles. The van der Waals surface area contributed by atoms with E-state index < -0.39 is 0 Å². The topological polar surface area (TPSA) is 29.5 Å². The summed E-state index contributed by atoms with van der Waals surface area (Å²) < 4.78 is 5.61. The SMILES string of the molecule is CC(C)Oc1ccc(C(=O)N2CCCC(CCBr)C2)cc1. The van der Waals surface area contributed by atoms with Crippen LogP contribution in [0.5, 0.6) is 5.75 Å². The summed E-state index contributed by atoms with van der Waals surface area (Å²) in [6.45, 7) is 5.75. The van der Waals surface area contributed by atoms with Gasteiger partial charge in [0.1, 0.15) is 5.75 Å². The molecule has 21 heavy (non-hydrogen) atoms. The summed E-state index contributed by atoms with van der Waals surface area (Å²) in [5.41, 5.74) is 0.755. The lowest BCUT2D eigenvalue weighted by Crippen LogP contribution is -2.40. The minimum absolute atomic E-state index is 0.144. The number of carbonyl (C=O) groups is 1. The molecule has 1 aliphatic heterocycles. The van der Waals surface area contributed by atoms with Gasteiger partial charge in [0.05, 0.1) is 6.10 Å². The van der Waals surface area contributed by atoms with Crippen molar-refractivity contribution in [1.82, 2.24) is 4.90 Å². The predicted octanol–water partition coefficient (Wildman–Crippen LogP) is 4.11. The van der Waals surface area contributed by atoms with Crippen molar-refractivity contribution in [3.8, 4) is 5.75 Å². The third-order valence-corrected chi connectivity index (χ3v) is 4.25. The molecule has 1 unspecified atom stereocenters. The van der Waals surface area contributed by atoms with Crippen LogP contribution >= 0.6 is 15.9 Å². The number of ether oxygens (including phenoxy) is 1. The molecule has 1 fully saturated rings. The fraction of sp³-hybridized carbons (Fsp3) is 0.588. The van der Waals surface area contributed by atoms with Gasteiger partial charge in [0.15, 0.2) is 0 Å². The normalized spacial score (nSPS) is 18.9. The lowest BCUT2D eigenvalue weighted by Gasteiger charge is -2.32. The van der Waals surface area contributed by atoms with Crippen molar-refractivity contribution in [3.63, 3.8) is 0 Å². The van der Waals surface area contributed by atoms with Crippen LogP contribution in [0.2, 0.25) is 0 Å². The molecule has 1 aliphatic rings. The van der Waals surface area contributed by atoms with Crippen LogP contribution in [0, 0.1) is 5.92 Å². The third kappa shape index (κ3) is 4.73. The molecular weight excluding hydrogens is 330 g/mol. The zero-order valence-electron chi connectivity index (χ0n) is 12.8. The predicted molar refractivity (Wildman–Crippen MR) is 89.2 cm³/mol. The fourth-order valence-corrected chi connectivity index (χ4v) is 3.42. The molecule has 0 bridgehead atoms. The summed E-state index contributed by atoms with van der Waals surface area (Å²) >= 11 is 3.50. The highest BCUT2D eigenvalue weighted by Gasteiger charge is 2.24. The molecule has 1 aromatic rings. The Morgan fingerprint density at radius 1 is 1.38 bits per heavy atom. The molecule has 3 nitrogen and oxygen atoms in total. The van der Waals surface area contributed by atoms with Gasteiger partial charge in [0.25, 0.3) is 5.91 Å². The number of carbonyl (C=O) groups excluding carboxylic acids is 1. The lowest BCUT2D eigenvalue weighted by molar-refractivity contribution is 0.0672. The number of hydrogen-bond acceptors (Lipinski definition) is 2. The van der Waals surface area contributed by atoms with E-state index >= 15 is 0 Å². The highest BCUT2D eigenvalue weighted by Crippen LogP contribution is 2.22. The zero-order valence-corrected chi connectivity index (χ0v) is 14.4. The number of piperidine rings is 1. The molecule has 1 amide bonds. The number of amides is 1. The Kier molecular flexibility index (Phi) is 6.09. The van der Waals surface area contributed by atoms with E-state index in [4.69, 9.17) is 4.74 Å². The minimum Gasteiger partial charge on any atom is -0.491 e. The van der Waals surface area contributed by atoms with Gasteiger partial charge in [-0.25, -0.2) is 0 Å². The van der Waals surface area contributed by atoms with Crippen LogP contribution in [0.25, 0.3) is 0 Å². The van der Waals surface area contributed by atoms with Gasteiger partial charge in [0, 0.05) is 24.0 Å². The Labute approximate surface area is 135 Å². The van der Waals surface area contributed by atoms with E-state index in [2.05, 4.69) is 15.9 Å². The average molecular weight is 354 g/mol. The van der Waals surface area contributed by atoms with E-state index in [0.717, 1.165) is 42.6 Å². The molecule has 0 saturated carbocycles. The molecule has 1 atom stereocenters. The van der Waals surface area contributed by atoms with Crippen LogP contribution in [0.1, 0.15) is 43.5 Å². The first-order valence-corrected chi connectivity index (χ1v) is 8.84. The molecule has 116 valence electrons. The first-order valence-electron chi connectivity index (χ1n) is 7.72. The molecule has 0 N–H and O–H groups in total. The maximum Gasteiger partial charge on any atom is 0.253 e.